The molecule has 0 radical (unpaired) electrons. The van der Waals surface area contributed by atoms with E-state index in [0.29, 0.717) is 0 Å². The molecule has 2 atom stereocenters. The summed E-state index contributed by atoms with van der Waals surface area (Å²) in [5.74, 6) is 0.298. The van der Waals surface area contributed by atoms with Crippen molar-refractivity contribution in [3.8, 4) is 0 Å². The monoisotopic (exact) mass is 275 g/mol. The van der Waals surface area contributed by atoms with Crippen LogP contribution in [0.3, 0.4) is 0 Å². The average molecular weight is 275 g/mol. The lowest BCUT2D eigenvalue weighted by Gasteiger charge is -2.30. The molecule has 0 unspecified atom stereocenters. The summed E-state index contributed by atoms with van der Waals surface area (Å²) in [6.45, 7) is 0.116. The molecule has 0 amide bonds. The van der Waals surface area contributed by atoms with Crippen LogP contribution in [0.5, 0.6) is 0 Å². The number of nitrogens with two attached hydrogens (primary N) is 1. The summed E-state index contributed by atoms with van der Waals surface area (Å²) < 4.78 is 23.2. The van der Waals surface area contributed by atoms with E-state index in [1.807, 2.05) is 6.07 Å². The quantitative estimate of drug-likeness (QED) is 0.880. The Labute approximate surface area is 106 Å². The third-order valence-electron chi connectivity index (χ3n) is 3.46. The summed E-state index contributed by atoms with van der Waals surface area (Å²) >= 11 is 1.17. The van der Waals surface area contributed by atoms with Crippen LogP contribution in [0, 0.1) is 5.92 Å². The summed E-state index contributed by atoms with van der Waals surface area (Å²) in [6.07, 6.45) is 4.09. The lowest BCUT2D eigenvalue weighted by molar-refractivity contribution is 0.168. The second-order valence-electron chi connectivity index (χ2n) is 4.54. The van der Waals surface area contributed by atoms with Crippen LogP contribution >= 0.6 is 11.3 Å². The molecule has 1 aromatic rings. The number of aliphatic hydroxyl groups is 1. The van der Waals surface area contributed by atoms with Crippen LogP contribution in [0.25, 0.3) is 0 Å². The predicted octanol–water partition coefficient (Wildman–Crippen LogP) is 1.66. The average Bonchev–Trinajstić information content (AvgIpc) is 2.77. The van der Waals surface area contributed by atoms with Gasteiger partial charge in [-0.3, -0.25) is 0 Å². The van der Waals surface area contributed by atoms with Crippen LogP contribution in [0.2, 0.25) is 0 Å². The first kappa shape index (κ1) is 13.0. The van der Waals surface area contributed by atoms with Gasteiger partial charge in [0.05, 0.1) is 0 Å². The summed E-state index contributed by atoms with van der Waals surface area (Å²) in [7, 11) is -3.63. The first-order valence-electron chi connectivity index (χ1n) is 5.75. The molecule has 3 N–H and O–H groups in total. The highest BCUT2D eigenvalue weighted by molar-refractivity contribution is 7.91. The third kappa shape index (κ3) is 2.70. The molecule has 0 aromatic carbocycles. The Morgan fingerprint density at radius 2 is 2.12 bits per heavy atom. The molecule has 0 bridgehead atoms. The minimum Gasteiger partial charge on any atom is -0.396 e. The smallest absolute Gasteiger partial charge is 0.247 e. The molecule has 4 nitrogen and oxygen atoms in total. The van der Waals surface area contributed by atoms with Crippen molar-refractivity contribution >= 4 is 21.4 Å². The standard InChI is InChI=1S/C11H17NO3S2/c12-17(14,15)11-10(5-6-16-11)9-4-2-1-3-8(9)7-13/h5-6,8-9,13H,1-4,7H2,(H2,12,14,15)/t8-,9+/m1/s1. The van der Waals surface area contributed by atoms with E-state index >= 15 is 0 Å². The minimum absolute atomic E-state index is 0.116. The molecule has 6 heteroatoms. The lowest BCUT2D eigenvalue weighted by atomic mass is 9.77. The van der Waals surface area contributed by atoms with Gasteiger partial charge in [0.15, 0.2) is 0 Å². The minimum atomic E-state index is -3.63. The number of sulfonamides is 1. The van der Waals surface area contributed by atoms with Crippen molar-refractivity contribution in [1.82, 2.24) is 0 Å². The molecule has 17 heavy (non-hydrogen) atoms. The van der Waals surface area contributed by atoms with E-state index in [1.54, 1.807) is 5.38 Å². The molecule has 1 aromatic heterocycles. The van der Waals surface area contributed by atoms with E-state index in [2.05, 4.69) is 0 Å². The number of primary sulfonamides is 1. The second kappa shape index (κ2) is 5.06. The van der Waals surface area contributed by atoms with E-state index in [9.17, 15) is 13.5 Å². The third-order valence-corrected chi connectivity index (χ3v) is 5.92. The van der Waals surface area contributed by atoms with Gasteiger partial charge in [-0.2, -0.15) is 0 Å². The van der Waals surface area contributed by atoms with Gasteiger partial charge in [0, 0.05) is 6.61 Å². The van der Waals surface area contributed by atoms with Gasteiger partial charge in [0.2, 0.25) is 10.0 Å². The van der Waals surface area contributed by atoms with Crippen molar-refractivity contribution < 1.29 is 13.5 Å². The predicted molar refractivity (Wildman–Crippen MR) is 67.5 cm³/mol. The van der Waals surface area contributed by atoms with Crippen molar-refractivity contribution in [3.05, 3.63) is 17.0 Å². The van der Waals surface area contributed by atoms with Gasteiger partial charge in [0.25, 0.3) is 0 Å². The Morgan fingerprint density at radius 3 is 2.76 bits per heavy atom. The molecular formula is C11H17NO3S2. The number of hydrogen-bond acceptors (Lipinski definition) is 4. The van der Waals surface area contributed by atoms with Crippen molar-refractivity contribution in [2.75, 3.05) is 6.61 Å². The second-order valence-corrected chi connectivity index (χ2v) is 7.21. The molecule has 96 valence electrons. The Hall–Kier alpha value is -0.430. The summed E-state index contributed by atoms with van der Waals surface area (Å²) in [4.78, 5) is 0. The summed E-state index contributed by atoms with van der Waals surface area (Å²) in [6, 6.07) is 1.84. The highest BCUT2D eigenvalue weighted by atomic mass is 32.2. The van der Waals surface area contributed by atoms with Gasteiger partial charge in [-0.15, -0.1) is 11.3 Å². The Balaban J connectivity index is 2.36. The van der Waals surface area contributed by atoms with Gasteiger partial charge >= 0.3 is 0 Å². The van der Waals surface area contributed by atoms with Crippen molar-refractivity contribution in [2.45, 2.75) is 35.8 Å². The molecule has 2 rings (SSSR count). The number of hydrogen-bond donors (Lipinski definition) is 2. The van der Waals surface area contributed by atoms with Crippen LogP contribution in [-0.2, 0) is 10.0 Å². The van der Waals surface area contributed by atoms with Crippen molar-refractivity contribution in [1.29, 1.82) is 0 Å². The molecule has 0 spiro atoms. The van der Waals surface area contributed by atoms with Gasteiger partial charge in [0.1, 0.15) is 4.21 Å². The number of aliphatic hydroxyl groups excluding tert-OH is 1. The van der Waals surface area contributed by atoms with Gasteiger partial charge < -0.3 is 5.11 Å². The highest BCUT2D eigenvalue weighted by Crippen LogP contribution is 2.41. The highest BCUT2D eigenvalue weighted by Gasteiger charge is 2.30. The zero-order valence-electron chi connectivity index (χ0n) is 9.50. The van der Waals surface area contributed by atoms with E-state index in [-0.39, 0.29) is 22.7 Å². The van der Waals surface area contributed by atoms with E-state index in [4.69, 9.17) is 5.14 Å². The Kier molecular flexibility index (Phi) is 3.87. The van der Waals surface area contributed by atoms with Crippen molar-refractivity contribution in [2.24, 2.45) is 11.1 Å². The molecule has 1 saturated carbocycles. The Morgan fingerprint density at radius 1 is 1.41 bits per heavy atom. The molecule has 1 heterocycles. The van der Waals surface area contributed by atoms with Crippen LogP contribution in [0.1, 0.15) is 37.2 Å². The largest absolute Gasteiger partial charge is 0.396 e. The normalized spacial score (nSPS) is 26.0. The lowest BCUT2D eigenvalue weighted by Crippen LogP contribution is -2.23. The zero-order valence-corrected chi connectivity index (χ0v) is 11.1. The van der Waals surface area contributed by atoms with Crippen LogP contribution in [0.15, 0.2) is 15.7 Å². The fraction of sp³-hybridized carbons (Fsp3) is 0.636. The first-order chi connectivity index (χ1) is 8.04. The maximum Gasteiger partial charge on any atom is 0.247 e. The van der Waals surface area contributed by atoms with Crippen LogP contribution in [0.4, 0.5) is 0 Å². The molecule has 1 aliphatic carbocycles. The molecule has 1 fully saturated rings. The van der Waals surface area contributed by atoms with Crippen LogP contribution in [-0.4, -0.2) is 20.1 Å². The summed E-state index contributed by atoms with van der Waals surface area (Å²) in [5.41, 5.74) is 0.802. The summed E-state index contributed by atoms with van der Waals surface area (Å²) in [5, 5.41) is 16.4. The maximum absolute atomic E-state index is 11.5. The SMILES string of the molecule is NS(=O)(=O)c1sccc1[C@H]1CCCC[C@@H]1CO. The fourth-order valence-corrected chi connectivity index (χ4v) is 4.59. The topological polar surface area (TPSA) is 80.4 Å². The zero-order chi connectivity index (χ0) is 12.5. The first-order valence-corrected chi connectivity index (χ1v) is 8.17. The Bertz CT molecular complexity index is 481. The van der Waals surface area contributed by atoms with Gasteiger partial charge in [-0.25, -0.2) is 13.6 Å². The van der Waals surface area contributed by atoms with E-state index < -0.39 is 10.0 Å². The molecule has 0 saturated heterocycles. The number of rotatable bonds is 3. The molecular weight excluding hydrogens is 258 g/mol. The van der Waals surface area contributed by atoms with Gasteiger partial charge in [-0.1, -0.05) is 12.8 Å². The maximum atomic E-state index is 11.5. The van der Waals surface area contributed by atoms with Crippen molar-refractivity contribution in [3.63, 3.8) is 0 Å². The number of thiophene rings is 1. The van der Waals surface area contributed by atoms with Gasteiger partial charge in [-0.05, 0) is 41.7 Å². The molecule has 0 aliphatic heterocycles. The molecule has 1 aliphatic rings. The van der Waals surface area contributed by atoms with E-state index in [0.717, 1.165) is 31.2 Å². The van der Waals surface area contributed by atoms with Crippen LogP contribution < -0.4 is 5.14 Å². The fourth-order valence-electron chi connectivity index (χ4n) is 2.65. The van der Waals surface area contributed by atoms with E-state index in [1.165, 1.54) is 11.3 Å².